The van der Waals surface area contributed by atoms with Gasteiger partial charge in [-0.05, 0) is 0 Å². The summed E-state index contributed by atoms with van der Waals surface area (Å²) in [5, 5.41) is 0. The Balaban J connectivity index is 0. The Bertz CT molecular complexity index is 24.0. The molecule has 0 fully saturated rings. The van der Waals surface area contributed by atoms with Gasteiger partial charge in [0.25, 0.3) is 0 Å². The zero-order chi connectivity index (χ0) is 0. The van der Waals surface area contributed by atoms with Crippen molar-refractivity contribution in [1.82, 2.24) is 0 Å². The summed E-state index contributed by atoms with van der Waals surface area (Å²) < 4.78 is 0. The molecule has 96 valence electrons. The molecule has 0 aromatic carbocycles. The normalized spacial score (nSPS) is 0. The van der Waals surface area contributed by atoms with Gasteiger partial charge in [-0.1, -0.05) is 0 Å². The van der Waals surface area contributed by atoms with Crippen molar-refractivity contribution in [3.63, 3.8) is 0 Å². The first-order chi connectivity index (χ1) is 0. The van der Waals surface area contributed by atoms with Crippen LogP contribution in [-0.2, 0) is 0 Å². The van der Waals surface area contributed by atoms with E-state index in [1.807, 2.05) is 0 Å². The zero-order valence-electron chi connectivity index (χ0n) is 17.4. The van der Waals surface area contributed by atoms with Crippen LogP contribution >= 0.6 is 0 Å². The van der Waals surface area contributed by atoms with Crippen LogP contribution in [0.3, 0.4) is 0 Å². The third-order valence-corrected chi connectivity index (χ3v) is 0. The minimum atomic E-state index is 0. The zero-order valence-corrected chi connectivity index (χ0v) is 41.4. The topological polar surface area (TPSA) is 360 Å². The summed E-state index contributed by atoms with van der Waals surface area (Å²) in [5.74, 6) is 0. The molecule has 12 N–H and O–H groups in total. The van der Waals surface area contributed by atoms with E-state index in [9.17, 15) is 0 Å². The molecular formula is H12Na12O12. The van der Waals surface area contributed by atoms with Gasteiger partial charge in [-0.2, -0.15) is 0 Å². The Labute approximate surface area is 408 Å². The van der Waals surface area contributed by atoms with Crippen LogP contribution in [0.2, 0.25) is 0 Å². The van der Waals surface area contributed by atoms with Gasteiger partial charge in [0.2, 0.25) is 0 Å². The van der Waals surface area contributed by atoms with Gasteiger partial charge >= 0.3 is 355 Å². The summed E-state index contributed by atoms with van der Waals surface area (Å²) in [7, 11) is 0. The molecule has 0 radical (unpaired) electrons. The van der Waals surface area contributed by atoms with Gasteiger partial charge in [0, 0.05) is 0 Å². The van der Waals surface area contributed by atoms with E-state index in [1.165, 1.54) is 0 Å². The van der Waals surface area contributed by atoms with Crippen LogP contribution in [0.25, 0.3) is 0 Å². The molecule has 0 aromatic heterocycles. The van der Waals surface area contributed by atoms with Crippen molar-refractivity contribution in [2.45, 2.75) is 0 Å². The summed E-state index contributed by atoms with van der Waals surface area (Å²) in [6, 6.07) is 0. The van der Waals surface area contributed by atoms with E-state index in [4.69, 9.17) is 0 Å². The Morgan fingerprint density at radius 3 is 0.0833 bits per heavy atom. The predicted molar refractivity (Wildman–Crippen MR) is 23.2 cm³/mol. The van der Waals surface area contributed by atoms with E-state index < -0.39 is 0 Å². The molecule has 0 saturated heterocycles. The fraction of sp³-hybridized carbons (Fsp3) is 0. The third kappa shape index (κ3) is 267. The van der Waals surface area contributed by atoms with E-state index in [1.54, 1.807) is 0 Å². The predicted octanol–water partition coefficient (Wildman–Crippen LogP) is -38.1. The first-order valence-electron chi connectivity index (χ1n) is 0. The quantitative estimate of drug-likeness (QED) is 0.292. The number of hydrogen-bond acceptors (Lipinski definition) is 12. The van der Waals surface area contributed by atoms with E-state index >= 15 is 0 Å². The Kier molecular flexibility index (Phi) is 3880. The van der Waals surface area contributed by atoms with Gasteiger partial charge in [-0.15, -0.1) is 0 Å². The van der Waals surface area contributed by atoms with Gasteiger partial charge in [-0.3, -0.25) is 0 Å². The third-order valence-electron chi connectivity index (χ3n) is 0. The van der Waals surface area contributed by atoms with Crippen LogP contribution in [0.4, 0.5) is 0 Å². The smallest absolute Gasteiger partial charge is 0.870 e. The molecule has 0 spiro atoms. The Morgan fingerprint density at radius 1 is 0.0833 bits per heavy atom. The molecule has 24 heavy (non-hydrogen) atoms. The molecule has 0 atom stereocenters. The van der Waals surface area contributed by atoms with E-state index in [0.29, 0.717) is 0 Å². The summed E-state index contributed by atoms with van der Waals surface area (Å²) in [6.07, 6.45) is 0. The summed E-state index contributed by atoms with van der Waals surface area (Å²) in [4.78, 5) is 0. The van der Waals surface area contributed by atoms with Crippen LogP contribution in [0, 0.1) is 0 Å². The minimum absolute atomic E-state index is 0. The largest absolute Gasteiger partial charge is 1.00 e. The van der Waals surface area contributed by atoms with Gasteiger partial charge in [-0.25, -0.2) is 0 Å². The molecule has 0 aliphatic carbocycles. The molecule has 0 aromatic rings. The summed E-state index contributed by atoms with van der Waals surface area (Å²) in [5.41, 5.74) is 0. The molecule has 0 aliphatic rings. The number of rotatable bonds is 0. The Hall–Kier alpha value is 11.5. The number of hydrogen-bond donors (Lipinski definition) is 0. The van der Waals surface area contributed by atoms with E-state index in [-0.39, 0.29) is 420 Å². The van der Waals surface area contributed by atoms with Crippen LogP contribution in [0.1, 0.15) is 0 Å². The monoisotopic (exact) mass is 480 g/mol. The molecule has 0 aliphatic heterocycles. The SMILES string of the molecule is [Na+].[Na+].[Na+].[Na+].[Na+].[Na+].[Na+].[Na+].[Na+].[Na+].[Na+].[Na+].[OH-].[OH-].[OH-].[OH-].[OH-].[OH-].[OH-].[OH-].[OH-].[OH-].[OH-].[OH-]. The maximum atomic E-state index is 0. The van der Waals surface area contributed by atoms with Crippen LogP contribution in [0.5, 0.6) is 0 Å². The van der Waals surface area contributed by atoms with Crippen molar-refractivity contribution < 1.29 is 420 Å². The van der Waals surface area contributed by atoms with Crippen molar-refractivity contribution >= 4 is 0 Å². The molecular weight excluding hydrogens is 468 g/mol. The molecule has 12 nitrogen and oxygen atoms in total. The maximum absolute atomic E-state index is 0. The second-order valence-corrected chi connectivity index (χ2v) is 0. The molecule has 0 rings (SSSR count). The first kappa shape index (κ1) is 319. The Morgan fingerprint density at radius 2 is 0.0833 bits per heavy atom. The summed E-state index contributed by atoms with van der Waals surface area (Å²) >= 11 is 0. The molecule has 0 heterocycles. The van der Waals surface area contributed by atoms with Gasteiger partial charge in [0.05, 0.1) is 0 Å². The molecule has 0 saturated carbocycles. The van der Waals surface area contributed by atoms with Crippen molar-refractivity contribution in [3.8, 4) is 0 Å². The standard InChI is InChI=1S/12Na.12H2O/h;;;;;;;;;;;;12*1H2/q12*+1;;;;;;;;;;;;/p-12. The fourth-order valence-corrected chi connectivity index (χ4v) is 0. The van der Waals surface area contributed by atoms with Crippen molar-refractivity contribution in [1.29, 1.82) is 0 Å². The van der Waals surface area contributed by atoms with Crippen LogP contribution in [0.15, 0.2) is 0 Å². The van der Waals surface area contributed by atoms with Gasteiger partial charge < -0.3 is 65.7 Å². The second-order valence-electron chi connectivity index (χ2n) is 0. The first-order valence-corrected chi connectivity index (χ1v) is 0. The van der Waals surface area contributed by atoms with Crippen molar-refractivity contribution in [2.24, 2.45) is 0 Å². The molecule has 0 bridgehead atoms. The molecule has 0 unspecified atom stereocenters. The van der Waals surface area contributed by atoms with Gasteiger partial charge in [0.1, 0.15) is 0 Å². The fourth-order valence-electron chi connectivity index (χ4n) is 0. The molecule has 24 heteroatoms. The van der Waals surface area contributed by atoms with Gasteiger partial charge in [0.15, 0.2) is 0 Å². The average molecular weight is 480 g/mol. The maximum Gasteiger partial charge on any atom is 1.00 e. The average Bonchev–Trinajstić information content (AvgIpc) is 0. The van der Waals surface area contributed by atoms with Crippen LogP contribution in [-0.4, -0.2) is 65.7 Å². The molecule has 0 amide bonds. The van der Waals surface area contributed by atoms with E-state index in [0.717, 1.165) is 0 Å². The van der Waals surface area contributed by atoms with Crippen molar-refractivity contribution in [2.75, 3.05) is 0 Å². The van der Waals surface area contributed by atoms with Crippen molar-refractivity contribution in [3.05, 3.63) is 0 Å². The minimum Gasteiger partial charge on any atom is -0.870 e. The van der Waals surface area contributed by atoms with E-state index in [2.05, 4.69) is 0 Å². The van der Waals surface area contributed by atoms with Crippen LogP contribution < -0.4 is 355 Å². The summed E-state index contributed by atoms with van der Waals surface area (Å²) in [6.45, 7) is 0. The second kappa shape index (κ2) is 292.